The van der Waals surface area contributed by atoms with E-state index in [1.54, 1.807) is 0 Å². The summed E-state index contributed by atoms with van der Waals surface area (Å²) in [4.78, 5) is 23.4. The van der Waals surface area contributed by atoms with Gasteiger partial charge in [-0.05, 0) is 27.7 Å². The van der Waals surface area contributed by atoms with E-state index in [2.05, 4.69) is 10.6 Å². The summed E-state index contributed by atoms with van der Waals surface area (Å²) < 4.78 is 20.4. The van der Waals surface area contributed by atoms with Gasteiger partial charge in [-0.15, -0.1) is 0 Å². The van der Waals surface area contributed by atoms with Gasteiger partial charge in [-0.1, -0.05) is 0 Å². The molecule has 9 nitrogen and oxygen atoms in total. The summed E-state index contributed by atoms with van der Waals surface area (Å²) >= 11 is 0. The largest absolute Gasteiger partial charge is 0.421 e. The minimum absolute atomic E-state index is 0.305. The number of rotatable bonds is 5. The second kappa shape index (κ2) is 6.70. The van der Waals surface area contributed by atoms with Gasteiger partial charge in [0, 0.05) is 11.1 Å². The van der Waals surface area contributed by atoms with Crippen molar-refractivity contribution in [3.63, 3.8) is 0 Å². The van der Waals surface area contributed by atoms with E-state index in [4.69, 9.17) is 18.9 Å². The van der Waals surface area contributed by atoms with Crippen molar-refractivity contribution < 1.29 is 33.6 Å². The van der Waals surface area contributed by atoms with Crippen molar-refractivity contribution in [1.82, 2.24) is 10.6 Å². The monoisotopic (exact) mass is 332 g/mol. The van der Waals surface area contributed by atoms with E-state index >= 15 is 0 Å². The molecular weight excluding hydrogens is 308 g/mol. The molecule has 132 valence electrons. The third-order valence-corrected chi connectivity index (χ3v) is 3.30. The minimum Gasteiger partial charge on any atom is -0.421 e. The third kappa shape index (κ3) is 5.40. The topological polar surface area (TPSA) is 115 Å². The molecule has 2 aliphatic heterocycles. The molecule has 3 atom stereocenters. The van der Waals surface area contributed by atoms with Crippen LogP contribution in [0.5, 0.6) is 0 Å². The van der Waals surface area contributed by atoms with Gasteiger partial charge in [-0.25, -0.2) is 4.79 Å². The van der Waals surface area contributed by atoms with Crippen molar-refractivity contribution in [2.45, 2.75) is 64.1 Å². The number of hydrogen-bond donors (Lipinski definition) is 3. The fraction of sp³-hybridized carbons (Fsp3) is 0.857. The van der Waals surface area contributed by atoms with Crippen LogP contribution in [0, 0.1) is 0 Å². The molecule has 2 rings (SSSR count). The molecule has 3 unspecified atom stereocenters. The number of nitrogens with one attached hydrogen (secondary N) is 2. The van der Waals surface area contributed by atoms with E-state index in [9.17, 15) is 14.7 Å². The van der Waals surface area contributed by atoms with E-state index in [1.165, 1.54) is 0 Å². The predicted molar refractivity (Wildman–Crippen MR) is 76.7 cm³/mol. The van der Waals surface area contributed by atoms with Crippen LogP contribution in [0.15, 0.2) is 0 Å². The van der Waals surface area contributed by atoms with Gasteiger partial charge in [-0.3, -0.25) is 15.4 Å². The summed E-state index contributed by atoms with van der Waals surface area (Å²) in [6.07, 6.45) is -3.99. The number of carbonyl (C=O) groups excluding carboxylic acids is 2. The number of hydrogen-bond acceptors (Lipinski definition) is 9. The van der Waals surface area contributed by atoms with Crippen molar-refractivity contribution in [2.75, 3.05) is 13.2 Å². The molecule has 0 radical (unpaired) electrons. The molecule has 0 saturated carbocycles. The maximum absolute atomic E-state index is 11.7. The fourth-order valence-corrected chi connectivity index (χ4v) is 2.09. The average Bonchev–Trinajstić information content (AvgIpc) is 2.91. The molecule has 0 aliphatic carbocycles. The minimum atomic E-state index is -1.63. The SMILES string of the molecule is CC1(C)COC(OC(=O)CC(O)C(=O)OC2NC(C)(C)CO2)N1. The lowest BCUT2D eigenvalue weighted by atomic mass is 10.1. The van der Waals surface area contributed by atoms with Crippen molar-refractivity contribution in [3.05, 3.63) is 0 Å². The smallest absolute Gasteiger partial charge is 0.338 e. The molecule has 2 heterocycles. The van der Waals surface area contributed by atoms with Crippen LogP contribution < -0.4 is 10.6 Å². The Hall–Kier alpha value is -1.26. The standard InChI is InChI=1S/C14H24N2O7/c1-13(2)6-20-11(15-13)22-9(18)5-8(17)10(19)23-12-16-14(3,4)7-21-12/h8,11-12,15-17H,5-7H2,1-4H3. The van der Waals surface area contributed by atoms with Crippen LogP contribution in [0.1, 0.15) is 34.1 Å². The fourth-order valence-electron chi connectivity index (χ4n) is 2.09. The van der Waals surface area contributed by atoms with Gasteiger partial charge in [0.1, 0.15) is 0 Å². The summed E-state index contributed by atoms with van der Waals surface area (Å²) in [6, 6.07) is 0. The van der Waals surface area contributed by atoms with E-state index in [-0.39, 0.29) is 11.1 Å². The van der Waals surface area contributed by atoms with Crippen LogP contribution in [0.4, 0.5) is 0 Å². The lowest BCUT2D eigenvalue weighted by Crippen LogP contribution is -2.43. The van der Waals surface area contributed by atoms with Crippen molar-refractivity contribution in [2.24, 2.45) is 0 Å². The van der Waals surface area contributed by atoms with E-state index in [1.807, 2.05) is 27.7 Å². The van der Waals surface area contributed by atoms with E-state index in [0.717, 1.165) is 0 Å². The summed E-state index contributed by atoms with van der Waals surface area (Å²) in [5.74, 6) is -1.73. The second-order valence-corrected chi connectivity index (χ2v) is 6.99. The highest BCUT2D eigenvalue weighted by atomic mass is 16.7. The molecule has 0 amide bonds. The number of esters is 2. The lowest BCUT2D eigenvalue weighted by molar-refractivity contribution is -0.189. The first-order valence-corrected chi connectivity index (χ1v) is 7.43. The van der Waals surface area contributed by atoms with Crippen LogP contribution in [-0.4, -0.2) is 60.3 Å². The van der Waals surface area contributed by atoms with Gasteiger partial charge in [0.25, 0.3) is 12.8 Å². The van der Waals surface area contributed by atoms with Crippen LogP contribution in [0.25, 0.3) is 0 Å². The van der Waals surface area contributed by atoms with Gasteiger partial charge in [0.2, 0.25) is 0 Å². The predicted octanol–water partition coefficient (Wildman–Crippen LogP) is -0.812. The highest BCUT2D eigenvalue weighted by molar-refractivity contribution is 5.81. The number of aliphatic hydroxyl groups excluding tert-OH is 1. The molecule has 0 aromatic heterocycles. The molecule has 9 heteroatoms. The van der Waals surface area contributed by atoms with E-state index < -0.39 is 37.3 Å². The molecule has 23 heavy (non-hydrogen) atoms. The molecule has 3 N–H and O–H groups in total. The maximum atomic E-state index is 11.7. The van der Waals surface area contributed by atoms with Crippen LogP contribution in [0.3, 0.4) is 0 Å². The zero-order valence-corrected chi connectivity index (χ0v) is 13.8. The molecular formula is C14H24N2O7. The highest BCUT2D eigenvalue weighted by Gasteiger charge is 2.36. The van der Waals surface area contributed by atoms with Gasteiger partial charge in [0.15, 0.2) is 6.10 Å². The summed E-state index contributed by atoms with van der Waals surface area (Å²) in [7, 11) is 0. The second-order valence-electron chi connectivity index (χ2n) is 6.99. The molecule has 2 fully saturated rings. The van der Waals surface area contributed by atoms with Crippen molar-refractivity contribution >= 4 is 11.9 Å². The summed E-state index contributed by atoms with van der Waals surface area (Å²) in [6.45, 7) is 8.29. The normalized spacial score (nSPS) is 30.0. The van der Waals surface area contributed by atoms with Crippen LogP contribution in [-0.2, 0) is 28.5 Å². The number of ether oxygens (including phenoxy) is 4. The van der Waals surface area contributed by atoms with Crippen molar-refractivity contribution in [1.29, 1.82) is 0 Å². The Bertz CT molecular complexity index is 466. The summed E-state index contributed by atoms with van der Waals surface area (Å²) in [5, 5.41) is 15.6. The Morgan fingerprint density at radius 2 is 1.57 bits per heavy atom. The Morgan fingerprint density at radius 1 is 1.09 bits per heavy atom. The Morgan fingerprint density at radius 3 is 2.00 bits per heavy atom. The van der Waals surface area contributed by atoms with Gasteiger partial charge in [0.05, 0.1) is 19.6 Å². The Kier molecular flexibility index (Phi) is 5.27. The maximum Gasteiger partial charge on any atom is 0.338 e. The first-order chi connectivity index (χ1) is 10.6. The molecule has 0 aromatic carbocycles. The molecule has 2 saturated heterocycles. The van der Waals surface area contributed by atoms with Gasteiger partial charge in [-0.2, -0.15) is 0 Å². The Labute approximate surface area is 134 Å². The Balaban J connectivity index is 1.72. The molecule has 0 bridgehead atoms. The number of carbonyl (C=O) groups is 2. The van der Waals surface area contributed by atoms with Gasteiger partial charge >= 0.3 is 11.9 Å². The molecule has 0 spiro atoms. The first kappa shape index (κ1) is 18.1. The third-order valence-electron chi connectivity index (χ3n) is 3.30. The molecule has 0 aromatic rings. The highest BCUT2D eigenvalue weighted by Crippen LogP contribution is 2.17. The molecule has 2 aliphatic rings. The zero-order chi connectivity index (χ0) is 17.3. The van der Waals surface area contributed by atoms with Crippen LogP contribution >= 0.6 is 0 Å². The van der Waals surface area contributed by atoms with E-state index in [0.29, 0.717) is 13.2 Å². The lowest BCUT2D eigenvalue weighted by Gasteiger charge is -2.19. The van der Waals surface area contributed by atoms with Crippen LogP contribution in [0.2, 0.25) is 0 Å². The van der Waals surface area contributed by atoms with Gasteiger partial charge < -0.3 is 24.1 Å². The van der Waals surface area contributed by atoms with Crippen molar-refractivity contribution in [3.8, 4) is 0 Å². The zero-order valence-electron chi connectivity index (χ0n) is 13.8. The first-order valence-electron chi connectivity index (χ1n) is 7.43. The average molecular weight is 332 g/mol. The number of aliphatic hydroxyl groups is 1. The summed E-state index contributed by atoms with van der Waals surface area (Å²) in [5.41, 5.74) is -0.631. The quantitative estimate of drug-likeness (QED) is 0.556.